The molecule has 4 heterocycles. The lowest BCUT2D eigenvalue weighted by molar-refractivity contribution is -0.153. The van der Waals surface area contributed by atoms with Gasteiger partial charge in [0.05, 0.1) is 59.5 Å². The molecule has 1 aliphatic carbocycles. The van der Waals surface area contributed by atoms with E-state index in [4.69, 9.17) is 56.2 Å². The Labute approximate surface area is 652 Å². The van der Waals surface area contributed by atoms with Crippen LogP contribution in [0.4, 0.5) is 15.4 Å². The number of carbonyl (C=O) groups is 6. The van der Waals surface area contributed by atoms with E-state index in [1.54, 1.807) is 64.6 Å². The van der Waals surface area contributed by atoms with E-state index in [1.807, 2.05) is 122 Å². The van der Waals surface area contributed by atoms with Gasteiger partial charge in [0.25, 0.3) is 11.5 Å². The second kappa shape index (κ2) is 38.6. The van der Waals surface area contributed by atoms with Crippen molar-refractivity contribution in [1.29, 1.82) is 0 Å². The summed E-state index contributed by atoms with van der Waals surface area (Å²) in [7, 11) is 2.38. The van der Waals surface area contributed by atoms with E-state index in [-0.39, 0.29) is 125 Å². The van der Waals surface area contributed by atoms with E-state index in [1.165, 1.54) is 51.6 Å². The summed E-state index contributed by atoms with van der Waals surface area (Å²) < 4.78 is 75.8. The number of carbonyl (C=O) groups excluding carboxylic acids is 6. The average Bonchev–Trinajstić information content (AvgIpc) is 1.61. The maximum absolute atomic E-state index is 13.9. The van der Waals surface area contributed by atoms with Crippen molar-refractivity contribution < 1.29 is 85.0 Å². The Bertz CT molecular complexity index is 4880. The van der Waals surface area contributed by atoms with Crippen LogP contribution in [0.25, 0.3) is 11.1 Å². The van der Waals surface area contributed by atoms with Crippen LogP contribution in [-0.4, -0.2) is 145 Å². The van der Waals surface area contributed by atoms with Crippen LogP contribution in [-0.2, 0) is 74.9 Å². The monoisotopic (exact) mass is 1560 g/mol. The third kappa shape index (κ3) is 20.6. The van der Waals surface area contributed by atoms with E-state index in [2.05, 4.69) is 32.7 Å². The number of esters is 1. The first-order chi connectivity index (χ1) is 54.2. The Morgan fingerprint density at radius 3 is 1.88 bits per heavy atom. The van der Waals surface area contributed by atoms with Gasteiger partial charge in [0, 0.05) is 62.3 Å². The van der Waals surface area contributed by atoms with E-state index in [0.29, 0.717) is 29.0 Å². The first-order valence-corrected chi connectivity index (χ1v) is 37.6. The van der Waals surface area contributed by atoms with Gasteiger partial charge in [-0.15, -0.1) is 0 Å². The highest BCUT2D eigenvalue weighted by molar-refractivity contribution is 7.41. The number of ether oxygens (including phenoxy) is 9. The topological polar surface area (TPSA) is 365 Å². The largest absolute Gasteiger partial charge is 0.513 e. The average molecular weight is 1570 g/mol. The fourth-order valence-electron chi connectivity index (χ4n) is 13.3. The maximum Gasteiger partial charge on any atom is 0.513 e. The maximum atomic E-state index is 13.9. The van der Waals surface area contributed by atoms with E-state index in [0.717, 1.165) is 38.9 Å². The molecule has 2 aliphatic heterocycles. The predicted octanol–water partition coefficient (Wildman–Crippen LogP) is 11.7. The lowest BCUT2D eigenvalue weighted by Crippen LogP contribution is -2.38. The molecule has 3 aliphatic rings. The van der Waals surface area contributed by atoms with Gasteiger partial charge in [-0.25, -0.2) is 19.2 Å². The summed E-state index contributed by atoms with van der Waals surface area (Å²) in [5, 5.41) is 5.51. The van der Waals surface area contributed by atoms with Crippen LogP contribution < -0.4 is 47.9 Å². The summed E-state index contributed by atoms with van der Waals surface area (Å²) in [6.07, 6.45) is -4.52. The first kappa shape index (κ1) is 82.4. The number of aromatic nitrogens is 4. The summed E-state index contributed by atoms with van der Waals surface area (Å²) in [5.41, 5.74) is 5.08. The highest BCUT2D eigenvalue weighted by Crippen LogP contribution is 2.49. The van der Waals surface area contributed by atoms with Gasteiger partial charge in [-0.2, -0.15) is 4.98 Å². The number of methoxy groups -OCH3 is 2. The number of rotatable bonds is 34. The molecule has 0 bridgehead atoms. The highest BCUT2D eigenvalue weighted by atomic mass is 31.2. The molecular formula is C83H89N8O21P. The molecule has 29 nitrogen and oxygen atoms in total. The SMILES string of the molecule is CCCOP(OC[C@H]1O[C@@H](n2ccc(NC(=O)c3ccc(CNC(=O)Cc4ccc(OC(=O)OCCN(C)C(=O)OCC5c6ccccc6-c6ccccc65)cc4)cc3)nc2=O)CC1OC(=O)CCC(C)=O)OC1C[C@H](n2cc(C)c(=O)[nH]c2=O)O[C@@H]1COC(c1ccccc1)(c1ccc(OC)cc1)c1ccc(OC)cc1.N. The standard InChI is InChI=1S/C83H86N7O21P.H3N/c1-7-42-105-112(111-69-46-75(90-48-52(2)77(94)87-80(90)97)108-70(69)50-104-83(57-15-9-8-10-16-57,58-28-34-60(100-5)35-29-58)59-30-36-61(101-6)37-31-59)106-51-71-68(110-76(93)38-21-53(3)91)45-74(109-71)89-40-39-72(86-79(89)96)85-78(95)56-26-22-55(23-27-56)47-84-73(92)44-54-24-32-62(33-25-54)107-82(99)102-43-41-88(4)81(98)103-49-67-65-19-13-11-17-63(65)64-18-12-14-20-66(64)67;/h8-20,22-37,39-40,48,67-71,74-75H,7,21,38,41-47,49-51H2,1-6H3,(H,84,92)(H,87,94,97)(H,85,86,95,96);1H3/t68?,69?,70-,71-,74-,75-,112?;/m1./s1. The number of aryl methyl sites for hydroxylation is 1. The number of fused-ring (bicyclic) bond motifs is 3. The fraction of sp³-hybridized carbons (Fsp3) is 0.325. The van der Waals surface area contributed by atoms with Crippen LogP contribution in [0.3, 0.4) is 0 Å². The Morgan fingerprint density at radius 1 is 0.655 bits per heavy atom. The zero-order valence-electron chi connectivity index (χ0n) is 63.2. The third-order valence-corrected chi connectivity index (χ3v) is 20.5. The molecule has 30 heteroatoms. The van der Waals surface area contributed by atoms with Crippen LogP contribution in [0, 0.1) is 6.92 Å². The van der Waals surface area contributed by atoms with Crippen molar-refractivity contribution in [2.45, 2.75) is 114 Å². The smallest absolute Gasteiger partial charge is 0.497 e. The predicted molar refractivity (Wildman–Crippen MR) is 415 cm³/mol. The number of hydrogen-bond donors (Lipinski definition) is 4. The molecule has 7 aromatic carbocycles. The Balaban J connectivity index is 0.0000126. The van der Waals surface area contributed by atoms with Gasteiger partial charge >= 0.3 is 38.2 Å². The fourth-order valence-corrected chi connectivity index (χ4v) is 14.6. The van der Waals surface area contributed by atoms with E-state index < -0.39 is 92.1 Å². The number of nitrogens with one attached hydrogen (secondary N) is 3. The number of ketones is 1. The Kier molecular flexibility index (Phi) is 28.2. The Morgan fingerprint density at radius 2 is 1.25 bits per heavy atom. The number of likely N-dealkylation sites (N-methyl/N-ethyl adjacent to an activating group) is 1. The first-order valence-electron chi connectivity index (χ1n) is 36.5. The lowest BCUT2D eigenvalue weighted by Gasteiger charge is -2.37. The molecule has 0 radical (unpaired) electrons. The molecule has 592 valence electrons. The number of benzene rings is 7. The van der Waals surface area contributed by atoms with Crippen molar-refractivity contribution in [1.82, 2.24) is 35.5 Å². The van der Waals surface area contributed by atoms with E-state index >= 15 is 0 Å². The van der Waals surface area contributed by atoms with Crippen molar-refractivity contribution in [2.24, 2.45) is 0 Å². The minimum absolute atomic E-state index is 0. The van der Waals surface area contributed by atoms with Gasteiger partial charge in [-0.3, -0.25) is 33.3 Å². The normalized spacial score (nSPS) is 17.2. The molecule has 12 rings (SSSR count). The molecule has 7 atom stereocenters. The molecule has 0 spiro atoms. The highest BCUT2D eigenvalue weighted by Gasteiger charge is 2.46. The molecule has 6 N–H and O–H groups in total. The molecule has 3 unspecified atom stereocenters. The number of aromatic amines is 1. The van der Waals surface area contributed by atoms with Crippen molar-refractivity contribution in [3.8, 4) is 28.4 Å². The second-order valence-electron chi connectivity index (χ2n) is 26.9. The zero-order chi connectivity index (χ0) is 78.8. The number of nitrogens with zero attached hydrogens (tertiary/aromatic N) is 4. The molecular weight excluding hydrogens is 1480 g/mol. The number of anilines is 1. The van der Waals surface area contributed by atoms with Crippen LogP contribution >= 0.6 is 8.60 Å². The summed E-state index contributed by atoms with van der Waals surface area (Å²) in [4.78, 5) is 125. The minimum atomic E-state index is -2.33. The van der Waals surface area contributed by atoms with Crippen LogP contribution in [0.2, 0.25) is 0 Å². The third-order valence-electron chi connectivity index (χ3n) is 19.3. The molecule has 0 saturated carbocycles. The zero-order valence-corrected chi connectivity index (χ0v) is 64.1. The number of amides is 3. The van der Waals surface area contributed by atoms with Crippen LogP contribution in [0.15, 0.2) is 209 Å². The molecule has 2 aromatic heterocycles. The van der Waals surface area contributed by atoms with E-state index in [9.17, 15) is 43.2 Å². The van der Waals surface area contributed by atoms with Gasteiger partial charge in [-0.1, -0.05) is 134 Å². The van der Waals surface area contributed by atoms with Crippen molar-refractivity contribution in [3.63, 3.8) is 0 Å². The molecule has 113 heavy (non-hydrogen) atoms. The van der Waals surface area contributed by atoms with Crippen LogP contribution in [0.5, 0.6) is 17.2 Å². The van der Waals surface area contributed by atoms with Crippen molar-refractivity contribution in [3.05, 3.63) is 276 Å². The molecule has 3 amide bonds. The van der Waals surface area contributed by atoms with Gasteiger partial charge in [-0.05, 0) is 125 Å². The van der Waals surface area contributed by atoms with Crippen LogP contribution in [0.1, 0.15) is 119 Å². The van der Waals surface area contributed by atoms with Crippen molar-refractivity contribution in [2.75, 3.05) is 66.2 Å². The molecule has 2 fully saturated rings. The summed E-state index contributed by atoms with van der Waals surface area (Å²) in [6.45, 7) is 4.73. The van der Waals surface area contributed by atoms with Crippen molar-refractivity contribution >= 4 is 50.2 Å². The summed E-state index contributed by atoms with van der Waals surface area (Å²) >= 11 is 0. The Hall–Kier alpha value is -11.5. The number of Topliss-reactive ketones (excluding diaryl/α,β-unsaturated/α-hetero) is 1. The number of hydrogen-bond acceptors (Lipinski definition) is 23. The molecule has 2 saturated heterocycles. The lowest BCUT2D eigenvalue weighted by atomic mass is 9.80. The minimum Gasteiger partial charge on any atom is -0.497 e. The molecule has 9 aromatic rings. The summed E-state index contributed by atoms with van der Waals surface area (Å²) in [5.74, 6) is -0.562. The number of H-pyrrole nitrogens is 1. The van der Waals surface area contributed by atoms with Gasteiger partial charge in [0.2, 0.25) is 5.91 Å². The second-order valence-corrected chi connectivity index (χ2v) is 28.1. The van der Waals surface area contributed by atoms with Gasteiger partial charge < -0.3 is 82.7 Å². The summed E-state index contributed by atoms with van der Waals surface area (Å²) in [6, 6.07) is 54.9. The van der Waals surface area contributed by atoms with Gasteiger partial charge in [0.1, 0.15) is 78.4 Å². The quantitative estimate of drug-likeness (QED) is 0.00956. The van der Waals surface area contributed by atoms with Gasteiger partial charge in [0.15, 0.2) is 0 Å².